The van der Waals surface area contributed by atoms with Crippen molar-refractivity contribution in [3.63, 3.8) is 0 Å². The predicted octanol–water partition coefficient (Wildman–Crippen LogP) is 5.17. The van der Waals surface area contributed by atoms with E-state index in [0.29, 0.717) is 12.6 Å². The summed E-state index contributed by atoms with van der Waals surface area (Å²) in [6.07, 6.45) is 11.4. The van der Waals surface area contributed by atoms with Gasteiger partial charge in [-0.05, 0) is 68.4 Å². The summed E-state index contributed by atoms with van der Waals surface area (Å²) in [7, 11) is 0. The van der Waals surface area contributed by atoms with Crippen molar-refractivity contribution in [1.29, 1.82) is 0 Å². The van der Waals surface area contributed by atoms with Crippen LogP contribution in [0, 0.1) is 11.8 Å². The number of carbonyl (C=O) groups excluding carboxylic acids is 1. The maximum atomic E-state index is 11.2. The van der Waals surface area contributed by atoms with Gasteiger partial charge in [-0.1, -0.05) is 32.0 Å². The summed E-state index contributed by atoms with van der Waals surface area (Å²) in [5, 5.41) is 4.29. The Hall–Kier alpha value is -1.81. The molecule has 164 valence electrons. The summed E-state index contributed by atoms with van der Waals surface area (Å²) in [4.78, 5) is 14.0. The topological polar surface area (TPSA) is 37.3 Å². The van der Waals surface area contributed by atoms with E-state index >= 15 is 0 Å². The molecule has 0 radical (unpaired) electrons. The third-order valence-electron chi connectivity index (χ3n) is 7.68. The number of aromatic nitrogens is 1. The molecule has 1 amide bonds. The summed E-state index contributed by atoms with van der Waals surface area (Å²) in [6.45, 7) is 9.54. The van der Waals surface area contributed by atoms with Crippen molar-refractivity contribution in [3.05, 3.63) is 36.0 Å². The van der Waals surface area contributed by atoms with E-state index in [0.717, 1.165) is 24.3 Å². The van der Waals surface area contributed by atoms with Crippen LogP contribution >= 0.6 is 0 Å². The standard InChI is InChI=1S/C26H39N3O/c1-19(2)21-8-10-23(11-9-21)28-16-13-24(14-17-28)29-18-22(12-15-27-20(3)30)25-6-4-5-7-26(25)29/h4-7,18-19,21,23-24H,8-17H2,1-3H3,(H,27,30)/t21-,23+. The number of nitrogens with zero attached hydrogens (tertiary/aromatic N) is 2. The zero-order valence-corrected chi connectivity index (χ0v) is 19.1. The number of rotatable bonds is 6. The number of nitrogens with one attached hydrogen (secondary N) is 1. The SMILES string of the molecule is CC(=O)NCCc1cn(C2CCN([C@H]3CC[C@@H](C(C)C)CC3)CC2)c2ccccc12. The summed E-state index contributed by atoms with van der Waals surface area (Å²) >= 11 is 0. The average molecular weight is 410 g/mol. The first-order valence-electron chi connectivity index (χ1n) is 12.1. The highest BCUT2D eigenvalue weighted by Gasteiger charge is 2.30. The lowest BCUT2D eigenvalue weighted by Gasteiger charge is -2.42. The number of carbonyl (C=O) groups is 1. The highest BCUT2D eigenvalue weighted by atomic mass is 16.1. The fraction of sp³-hybridized carbons (Fsp3) is 0.654. The molecule has 1 aromatic carbocycles. The molecule has 1 N–H and O–H groups in total. The number of hydrogen-bond donors (Lipinski definition) is 1. The molecule has 0 atom stereocenters. The van der Waals surface area contributed by atoms with Gasteiger partial charge in [0.15, 0.2) is 0 Å². The first kappa shape index (κ1) is 21.4. The van der Waals surface area contributed by atoms with Crippen LogP contribution in [0.3, 0.4) is 0 Å². The minimum absolute atomic E-state index is 0.0496. The van der Waals surface area contributed by atoms with Gasteiger partial charge in [0, 0.05) is 55.7 Å². The average Bonchev–Trinajstić information content (AvgIpc) is 3.12. The molecular weight excluding hydrogens is 370 g/mol. The van der Waals surface area contributed by atoms with Gasteiger partial charge < -0.3 is 14.8 Å². The van der Waals surface area contributed by atoms with Gasteiger partial charge in [0.2, 0.25) is 5.91 Å². The van der Waals surface area contributed by atoms with Crippen molar-refractivity contribution < 1.29 is 4.79 Å². The summed E-state index contributed by atoms with van der Waals surface area (Å²) in [6, 6.07) is 10.2. The van der Waals surface area contributed by atoms with Crippen molar-refractivity contribution >= 4 is 16.8 Å². The first-order valence-corrected chi connectivity index (χ1v) is 12.1. The molecule has 1 aliphatic heterocycles. The second-order valence-corrected chi connectivity index (χ2v) is 9.89. The lowest BCUT2D eigenvalue weighted by Crippen LogP contribution is -2.43. The molecule has 0 unspecified atom stereocenters. The van der Waals surface area contributed by atoms with Crippen LogP contribution in [0.2, 0.25) is 0 Å². The molecule has 30 heavy (non-hydrogen) atoms. The van der Waals surface area contributed by atoms with Gasteiger partial charge in [0.05, 0.1) is 0 Å². The van der Waals surface area contributed by atoms with E-state index in [4.69, 9.17) is 0 Å². The number of para-hydroxylation sites is 1. The van der Waals surface area contributed by atoms with Crippen molar-refractivity contribution in [2.24, 2.45) is 11.8 Å². The minimum atomic E-state index is 0.0496. The maximum Gasteiger partial charge on any atom is 0.216 e. The highest BCUT2D eigenvalue weighted by molar-refractivity contribution is 5.84. The molecular formula is C26H39N3O. The quantitative estimate of drug-likeness (QED) is 0.714. The largest absolute Gasteiger partial charge is 0.356 e. The van der Waals surface area contributed by atoms with E-state index < -0.39 is 0 Å². The zero-order valence-electron chi connectivity index (χ0n) is 19.1. The first-order chi connectivity index (χ1) is 14.5. The third kappa shape index (κ3) is 4.74. The molecule has 2 fully saturated rings. The van der Waals surface area contributed by atoms with Gasteiger partial charge in [0.1, 0.15) is 0 Å². The van der Waals surface area contributed by atoms with E-state index in [1.807, 2.05) is 0 Å². The second kappa shape index (κ2) is 9.55. The highest BCUT2D eigenvalue weighted by Crippen LogP contribution is 2.35. The fourth-order valence-corrected chi connectivity index (χ4v) is 5.81. The van der Waals surface area contributed by atoms with Gasteiger partial charge in [-0.2, -0.15) is 0 Å². The molecule has 0 bridgehead atoms. The van der Waals surface area contributed by atoms with Crippen LogP contribution in [0.4, 0.5) is 0 Å². The lowest BCUT2D eigenvalue weighted by molar-refractivity contribution is -0.118. The Balaban J connectivity index is 1.39. The monoisotopic (exact) mass is 409 g/mol. The summed E-state index contributed by atoms with van der Waals surface area (Å²) < 4.78 is 2.53. The number of benzene rings is 1. The van der Waals surface area contributed by atoms with Gasteiger partial charge in [-0.25, -0.2) is 0 Å². The predicted molar refractivity (Wildman–Crippen MR) is 125 cm³/mol. The molecule has 4 rings (SSSR count). The van der Waals surface area contributed by atoms with Crippen molar-refractivity contribution in [1.82, 2.24) is 14.8 Å². The Morgan fingerprint density at radius 2 is 1.73 bits per heavy atom. The molecule has 0 spiro atoms. The van der Waals surface area contributed by atoms with Crippen LogP contribution in [0.25, 0.3) is 10.9 Å². The van der Waals surface area contributed by atoms with Crippen LogP contribution in [-0.4, -0.2) is 41.1 Å². The van der Waals surface area contributed by atoms with Crippen LogP contribution in [0.5, 0.6) is 0 Å². The number of piperidine rings is 1. The number of amides is 1. The molecule has 1 aromatic heterocycles. The molecule has 4 heteroatoms. The van der Waals surface area contributed by atoms with Crippen LogP contribution < -0.4 is 5.32 Å². The Morgan fingerprint density at radius 1 is 1.03 bits per heavy atom. The summed E-state index contributed by atoms with van der Waals surface area (Å²) in [5.74, 6) is 1.84. The van der Waals surface area contributed by atoms with Crippen LogP contribution in [-0.2, 0) is 11.2 Å². The zero-order chi connectivity index (χ0) is 21.1. The van der Waals surface area contributed by atoms with E-state index in [2.05, 4.69) is 59.1 Å². The molecule has 2 aliphatic rings. The molecule has 1 saturated carbocycles. The maximum absolute atomic E-state index is 11.2. The fourth-order valence-electron chi connectivity index (χ4n) is 5.81. The number of likely N-dealkylation sites (tertiary alicyclic amines) is 1. The van der Waals surface area contributed by atoms with Crippen molar-refractivity contribution in [2.75, 3.05) is 19.6 Å². The summed E-state index contributed by atoms with van der Waals surface area (Å²) in [5.41, 5.74) is 2.71. The lowest BCUT2D eigenvalue weighted by atomic mass is 9.79. The van der Waals surface area contributed by atoms with Gasteiger partial charge in [-0.15, -0.1) is 0 Å². The molecule has 2 aromatic rings. The van der Waals surface area contributed by atoms with Gasteiger partial charge >= 0.3 is 0 Å². The molecule has 1 aliphatic carbocycles. The van der Waals surface area contributed by atoms with E-state index in [-0.39, 0.29) is 5.91 Å². The van der Waals surface area contributed by atoms with E-state index in [1.54, 1.807) is 6.92 Å². The molecule has 4 nitrogen and oxygen atoms in total. The van der Waals surface area contributed by atoms with Crippen molar-refractivity contribution in [2.45, 2.75) is 77.8 Å². The minimum Gasteiger partial charge on any atom is -0.356 e. The second-order valence-electron chi connectivity index (χ2n) is 9.89. The Bertz CT molecular complexity index is 839. The van der Waals surface area contributed by atoms with Crippen LogP contribution in [0.1, 0.15) is 70.9 Å². The number of fused-ring (bicyclic) bond motifs is 1. The van der Waals surface area contributed by atoms with Crippen molar-refractivity contribution in [3.8, 4) is 0 Å². The Morgan fingerprint density at radius 3 is 2.40 bits per heavy atom. The van der Waals surface area contributed by atoms with E-state index in [9.17, 15) is 4.79 Å². The molecule has 2 heterocycles. The molecule has 1 saturated heterocycles. The Labute approximate surface area is 182 Å². The van der Waals surface area contributed by atoms with Gasteiger partial charge in [-0.3, -0.25) is 4.79 Å². The Kier molecular flexibility index (Phi) is 6.82. The smallest absolute Gasteiger partial charge is 0.216 e. The number of hydrogen-bond acceptors (Lipinski definition) is 2. The third-order valence-corrected chi connectivity index (χ3v) is 7.68. The van der Waals surface area contributed by atoms with Crippen LogP contribution in [0.15, 0.2) is 30.5 Å². The normalized spacial score (nSPS) is 23.9. The van der Waals surface area contributed by atoms with E-state index in [1.165, 1.54) is 68.1 Å². The van der Waals surface area contributed by atoms with Gasteiger partial charge in [0.25, 0.3) is 0 Å².